The van der Waals surface area contributed by atoms with Gasteiger partial charge in [0.25, 0.3) is 0 Å². The van der Waals surface area contributed by atoms with Gasteiger partial charge in [-0.3, -0.25) is 9.59 Å². The Morgan fingerprint density at radius 1 is 1.00 bits per heavy atom. The Kier molecular flexibility index (Phi) is 5.96. The van der Waals surface area contributed by atoms with E-state index in [9.17, 15) is 14.4 Å². The molecule has 0 aromatic rings. The molecule has 3 amide bonds. The van der Waals surface area contributed by atoms with Crippen molar-refractivity contribution in [2.75, 3.05) is 19.6 Å². The second kappa shape index (κ2) is 7.52. The molecule has 1 saturated carbocycles. The van der Waals surface area contributed by atoms with Crippen molar-refractivity contribution in [2.45, 2.75) is 25.7 Å². The number of nitrogens with one attached hydrogen (secondary N) is 3. The summed E-state index contributed by atoms with van der Waals surface area (Å²) in [6.45, 7) is 1.10. The summed E-state index contributed by atoms with van der Waals surface area (Å²) in [5.74, 6) is -0.645. The molecule has 0 bridgehead atoms. The molecule has 7 nitrogen and oxygen atoms in total. The average molecular weight is 257 g/mol. The third kappa shape index (κ3) is 6.72. The number of amides is 3. The summed E-state index contributed by atoms with van der Waals surface area (Å²) in [7, 11) is 0. The lowest BCUT2D eigenvalue weighted by Crippen LogP contribution is -2.40. The molecule has 0 saturated heterocycles. The normalized spacial score (nSPS) is 13.8. The van der Waals surface area contributed by atoms with Gasteiger partial charge in [-0.1, -0.05) is 0 Å². The maximum atomic E-state index is 11.2. The minimum Gasteiger partial charge on any atom is -0.481 e. The third-order valence-electron chi connectivity index (χ3n) is 2.51. The molecule has 0 unspecified atom stereocenters. The molecule has 7 heteroatoms. The Bertz CT molecular complexity index is 315. The molecule has 1 rings (SSSR count). The molecule has 0 aliphatic heterocycles. The lowest BCUT2D eigenvalue weighted by Gasteiger charge is -2.07. The van der Waals surface area contributed by atoms with Gasteiger partial charge in [-0.25, -0.2) is 4.79 Å². The first kappa shape index (κ1) is 14.3. The van der Waals surface area contributed by atoms with Crippen LogP contribution in [0.2, 0.25) is 0 Å². The highest BCUT2D eigenvalue weighted by Gasteiger charge is 2.28. The highest BCUT2D eigenvalue weighted by atomic mass is 16.4. The number of aliphatic carboxylic acids is 1. The van der Waals surface area contributed by atoms with Gasteiger partial charge in [0.15, 0.2) is 0 Å². The first-order valence-corrected chi connectivity index (χ1v) is 6.11. The number of carbonyl (C=O) groups is 3. The molecular formula is C11H19N3O4. The van der Waals surface area contributed by atoms with Gasteiger partial charge in [-0.05, 0) is 19.3 Å². The summed E-state index contributed by atoms with van der Waals surface area (Å²) in [4.78, 5) is 32.6. The summed E-state index contributed by atoms with van der Waals surface area (Å²) in [5, 5.41) is 16.2. The molecule has 0 atom stereocenters. The standard InChI is InChI=1S/C11H19N3O4/c15-9(16)2-1-5-13-11(18)14-7-6-12-10(17)8-3-4-8/h8H,1-7H2,(H,12,17)(H,15,16)(H2,13,14,18). The molecule has 0 radical (unpaired) electrons. The highest BCUT2D eigenvalue weighted by Crippen LogP contribution is 2.28. The van der Waals surface area contributed by atoms with E-state index in [0.29, 0.717) is 26.1 Å². The first-order chi connectivity index (χ1) is 8.59. The van der Waals surface area contributed by atoms with Gasteiger partial charge in [0, 0.05) is 32.0 Å². The molecule has 1 fully saturated rings. The summed E-state index contributed by atoms with van der Waals surface area (Å²) in [6, 6.07) is -0.346. The van der Waals surface area contributed by atoms with Crippen molar-refractivity contribution in [3.05, 3.63) is 0 Å². The number of carboxylic acid groups (broad SMARTS) is 1. The molecular weight excluding hydrogens is 238 g/mol. The number of hydrogen-bond acceptors (Lipinski definition) is 3. The van der Waals surface area contributed by atoms with Crippen LogP contribution in [-0.2, 0) is 9.59 Å². The lowest BCUT2D eigenvalue weighted by atomic mass is 10.3. The minimum absolute atomic E-state index is 0.0394. The predicted molar refractivity (Wildman–Crippen MR) is 64.0 cm³/mol. The van der Waals surface area contributed by atoms with Crippen LogP contribution in [0.1, 0.15) is 25.7 Å². The van der Waals surface area contributed by atoms with E-state index in [1.165, 1.54) is 0 Å². The first-order valence-electron chi connectivity index (χ1n) is 6.11. The maximum Gasteiger partial charge on any atom is 0.314 e. The topological polar surface area (TPSA) is 108 Å². The van der Waals surface area contributed by atoms with E-state index < -0.39 is 5.97 Å². The molecule has 1 aliphatic rings. The average Bonchev–Trinajstić information content (AvgIpc) is 3.13. The number of carboxylic acids is 1. The number of urea groups is 1. The number of carbonyl (C=O) groups excluding carboxylic acids is 2. The van der Waals surface area contributed by atoms with Crippen LogP contribution in [0.3, 0.4) is 0 Å². The van der Waals surface area contributed by atoms with E-state index in [1.54, 1.807) is 0 Å². The van der Waals surface area contributed by atoms with Crippen molar-refractivity contribution in [3.8, 4) is 0 Å². The number of hydrogen-bond donors (Lipinski definition) is 4. The van der Waals surface area contributed by atoms with Gasteiger partial charge >= 0.3 is 12.0 Å². The SMILES string of the molecule is O=C(O)CCCNC(=O)NCCNC(=O)C1CC1. The zero-order valence-corrected chi connectivity index (χ0v) is 10.2. The van der Waals surface area contributed by atoms with Crippen LogP contribution in [0.5, 0.6) is 0 Å². The second-order valence-corrected chi connectivity index (χ2v) is 4.25. The van der Waals surface area contributed by atoms with Crippen LogP contribution in [0.25, 0.3) is 0 Å². The molecule has 102 valence electrons. The largest absolute Gasteiger partial charge is 0.481 e. The van der Waals surface area contributed by atoms with Crippen molar-refractivity contribution in [1.29, 1.82) is 0 Å². The van der Waals surface area contributed by atoms with Crippen molar-refractivity contribution in [1.82, 2.24) is 16.0 Å². The molecule has 0 aromatic heterocycles. The summed E-state index contributed by atoms with van der Waals surface area (Å²) in [5.41, 5.74) is 0. The molecule has 0 heterocycles. The van der Waals surface area contributed by atoms with Gasteiger partial charge in [-0.15, -0.1) is 0 Å². The van der Waals surface area contributed by atoms with Crippen LogP contribution < -0.4 is 16.0 Å². The van der Waals surface area contributed by atoms with Crippen LogP contribution >= 0.6 is 0 Å². The van der Waals surface area contributed by atoms with Crippen LogP contribution in [0.4, 0.5) is 4.79 Å². The lowest BCUT2D eigenvalue weighted by molar-refractivity contribution is -0.137. The van der Waals surface area contributed by atoms with Gasteiger partial charge in [-0.2, -0.15) is 0 Å². The van der Waals surface area contributed by atoms with Crippen LogP contribution in [0, 0.1) is 5.92 Å². The Labute approximate surface area is 105 Å². The van der Waals surface area contributed by atoms with Crippen molar-refractivity contribution in [3.63, 3.8) is 0 Å². The van der Waals surface area contributed by atoms with Crippen LogP contribution in [0.15, 0.2) is 0 Å². The third-order valence-corrected chi connectivity index (χ3v) is 2.51. The van der Waals surface area contributed by atoms with Crippen LogP contribution in [-0.4, -0.2) is 42.6 Å². The fourth-order valence-electron chi connectivity index (χ4n) is 1.36. The fourth-order valence-corrected chi connectivity index (χ4v) is 1.36. The van der Waals surface area contributed by atoms with Gasteiger partial charge in [0.05, 0.1) is 0 Å². The Balaban J connectivity index is 1.89. The minimum atomic E-state index is -0.875. The maximum absolute atomic E-state index is 11.2. The van der Waals surface area contributed by atoms with E-state index in [-0.39, 0.29) is 24.3 Å². The molecule has 0 spiro atoms. The zero-order chi connectivity index (χ0) is 13.4. The monoisotopic (exact) mass is 257 g/mol. The smallest absolute Gasteiger partial charge is 0.314 e. The quantitative estimate of drug-likeness (QED) is 0.447. The molecule has 18 heavy (non-hydrogen) atoms. The van der Waals surface area contributed by atoms with Crippen molar-refractivity contribution in [2.24, 2.45) is 5.92 Å². The zero-order valence-electron chi connectivity index (χ0n) is 10.2. The van der Waals surface area contributed by atoms with Gasteiger partial charge < -0.3 is 21.1 Å². The van der Waals surface area contributed by atoms with Gasteiger partial charge in [0.2, 0.25) is 5.91 Å². The summed E-state index contributed by atoms with van der Waals surface area (Å²) >= 11 is 0. The molecule has 1 aliphatic carbocycles. The summed E-state index contributed by atoms with van der Waals surface area (Å²) < 4.78 is 0. The van der Waals surface area contributed by atoms with E-state index in [2.05, 4.69) is 16.0 Å². The predicted octanol–water partition coefficient (Wildman–Crippen LogP) is -0.323. The number of rotatable bonds is 8. The fraction of sp³-hybridized carbons (Fsp3) is 0.727. The van der Waals surface area contributed by atoms with Gasteiger partial charge in [0.1, 0.15) is 0 Å². The Morgan fingerprint density at radius 2 is 1.61 bits per heavy atom. The van der Waals surface area contributed by atoms with Crippen molar-refractivity contribution >= 4 is 17.9 Å². The van der Waals surface area contributed by atoms with E-state index in [4.69, 9.17) is 5.11 Å². The van der Waals surface area contributed by atoms with E-state index in [0.717, 1.165) is 12.8 Å². The molecule has 0 aromatic carbocycles. The van der Waals surface area contributed by atoms with E-state index in [1.807, 2.05) is 0 Å². The van der Waals surface area contributed by atoms with Crippen molar-refractivity contribution < 1.29 is 19.5 Å². The molecule has 4 N–H and O–H groups in total. The highest BCUT2D eigenvalue weighted by molar-refractivity contribution is 5.80. The van der Waals surface area contributed by atoms with E-state index >= 15 is 0 Å². The Morgan fingerprint density at radius 3 is 2.22 bits per heavy atom. The summed E-state index contributed by atoms with van der Waals surface area (Å²) in [6.07, 6.45) is 2.37. The second-order valence-electron chi connectivity index (χ2n) is 4.25. The Hall–Kier alpha value is -1.79.